The quantitative estimate of drug-likeness (QED) is 0.851. The van der Waals surface area contributed by atoms with Crippen molar-refractivity contribution in [2.24, 2.45) is 16.7 Å². The second-order valence-electron chi connectivity index (χ2n) is 10.3. The Morgan fingerprint density at radius 2 is 1.96 bits per heavy atom. The first kappa shape index (κ1) is 17.7. The lowest BCUT2D eigenvalue weighted by molar-refractivity contribution is -0.161. The number of hydrogen-bond donors (Lipinski definition) is 2. The lowest BCUT2D eigenvalue weighted by Gasteiger charge is -2.65. The van der Waals surface area contributed by atoms with Crippen molar-refractivity contribution in [2.45, 2.75) is 69.5 Å². The number of hydrogen-bond acceptors (Lipinski definition) is 2. The molecule has 4 bridgehead atoms. The zero-order chi connectivity index (χ0) is 18.7. The van der Waals surface area contributed by atoms with Crippen LogP contribution in [0.25, 0.3) is 0 Å². The number of rotatable bonds is 3. The summed E-state index contributed by atoms with van der Waals surface area (Å²) in [6, 6.07) is 10.5. The standard InChI is InChI=1S/C23H31FN2O/c1-21-9-16-10-22(13-21,17-5-3-2-4-6-17)15-23(11-16,14-21)20(27)26-19-7-8-25-12-18(19)24/h2-6,16,18-19,25H,7-15H2,1H3,(H,26,27)/t16?,18-,19+,21+,22+,23?/m0/s1. The van der Waals surface area contributed by atoms with Gasteiger partial charge in [0.2, 0.25) is 5.91 Å². The van der Waals surface area contributed by atoms with Crippen LogP contribution in [0.3, 0.4) is 0 Å². The molecule has 5 fully saturated rings. The summed E-state index contributed by atoms with van der Waals surface area (Å²) in [5, 5.41) is 6.24. The fourth-order valence-corrected chi connectivity index (χ4v) is 7.59. The number of piperidine rings is 1. The van der Waals surface area contributed by atoms with Crippen molar-refractivity contribution in [2.75, 3.05) is 13.1 Å². The van der Waals surface area contributed by atoms with E-state index in [0.29, 0.717) is 18.9 Å². The first-order chi connectivity index (χ1) is 12.9. The summed E-state index contributed by atoms with van der Waals surface area (Å²) < 4.78 is 14.3. The van der Waals surface area contributed by atoms with Gasteiger partial charge in [-0.3, -0.25) is 4.79 Å². The zero-order valence-corrected chi connectivity index (χ0v) is 16.3. The number of carbonyl (C=O) groups is 1. The highest BCUT2D eigenvalue weighted by Crippen LogP contribution is 2.70. The van der Waals surface area contributed by atoms with Gasteiger partial charge in [0.15, 0.2) is 0 Å². The summed E-state index contributed by atoms with van der Waals surface area (Å²) in [4.78, 5) is 13.5. The van der Waals surface area contributed by atoms with Crippen molar-refractivity contribution in [1.29, 1.82) is 0 Å². The van der Waals surface area contributed by atoms with Crippen LogP contribution in [0.15, 0.2) is 30.3 Å². The van der Waals surface area contributed by atoms with Crippen molar-refractivity contribution in [3.05, 3.63) is 35.9 Å². The van der Waals surface area contributed by atoms with E-state index >= 15 is 0 Å². The molecule has 1 heterocycles. The van der Waals surface area contributed by atoms with Gasteiger partial charge < -0.3 is 10.6 Å². The van der Waals surface area contributed by atoms with Gasteiger partial charge in [0.1, 0.15) is 6.17 Å². The molecule has 1 aliphatic heterocycles. The average Bonchev–Trinajstić information content (AvgIpc) is 2.62. The second kappa shape index (κ2) is 6.04. The molecule has 1 saturated heterocycles. The molecule has 0 spiro atoms. The summed E-state index contributed by atoms with van der Waals surface area (Å²) in [5.41, 5.74) is 1.45. The van der Waals surface area contributed by atoms with E-state index in [1.165, 1.54) is 24.8 Å². The van der Waals surface area contributed by atoms with E-state index < -0.39 is 6.17 Å². The molecule has 6 atom stereocenters. The van der Waals surface area contributed by atoms with Gasteiger partial charge in [-0.1, -0.05) is 37.3 Å². The van der Waals surface area contributed by atoms with Gasteiger partial charge in [-0.05, 0) is 73.8 Å². The van der Waals surface area contributed by atoms with Crippen LogP contribution in [0.5, 0.6) is 0 Å². The third kappa shape index (κ3) is 2.83. The van der Waals surface area contributed by atoms with E-state index in [9.17, 15) is 9.18 Å². The van der Waals surface area contributed by atoms with Crippen molar-refractivity contribution in [3.8, 4) is 0 Å². The van der Waals surface area contributed by atoms with Gasteiger partial charge in [0, 0.05) is 6.54 Å². The van der Waals surface area contributed by atoms with E-state index in [2.05, 4.69) is 47.9 Å². The molecule has 4 aliphatic carbocycles. The largest absolute Gasteiger partial charge is 0.350 e. The molecular weight excluding hydrogens is 339 g/mol. The Labute approximate surface area is 161 Å². The lowest BCUT2D eigenvalue weighted by Crippen LogP contribution is -2.63. The smallest absolute Gasteiger partial charge is 0.226 e. The van der Waals surface area contributed by atoms with Crippen LogP contribution >= 0.6 is 0 Å². The van der Waals surface area contributed by atoms with Crippen LogP contribution in [-0.2, 0) is 10.2 Å². The van der Waals surface area contributed by atoms with Crippen LogP contribution in [0.1, 0.15) is 57.4 Å². The molecule has 0 radical (unpaired) electrons. The summed E-state index contributed by atoms with van der Waals surface area (Å²) >= 11 is 0. The lowest BCUT2D eigenvalue weighted by atomic mass is 9.38. The van der Waals surface area contributed by atoms with E-state index in [0.717, 1.165) is 25.8 Å². The van der Waals surface area contributed by atoms with Crippen LogP contribution in [-0.4, -0.2) is 31.2 Å². The Morgan fingerprint density at radius 3 is 2.70 bits per heavy atom. The van der Waals surface area contributed by atoms with Gasteiger partial charge in [-0.2, -0.15) is 0 Å². The monoisotopic (exact) mass is 370 g/mol. The van der Waals surface area contributed by atoms with Crippen molar-refractivity contribution in [1.82, 2.24) is 10.6 Å². The van der Waals surface area contributed by atoms with Gasteiger partial charge in [-0.15, -0.1) is 0 Å². The second-order valence-corrected chi connectivity index (χ2v) is 10.3. The van der Waals surface area contributed by atoms with Crippen molar-refractivity contribution in [3.63, 3.8) is 0 Å². The number of benzene rings is 1. The van der Waals surface area contributed by atoms with Crippen LogP contribution in [0, 0.1) is 16.7 Å². The zero-order valence-electron chi connectivity index (χ0n) is 16.3. The molecule has 4 heteroatoms. The SMILES string of the molecule is C[C@]12CC3CC(C(=O)N[C@@H]4CCNC[C@@H]4F)(C1)C[C@@](c1ccccc1)(C3)C2. The first-order valence-corrected chi connectivity index (χ1v) is 10.6. The van der Waals surface area contributed by atoms with Crippen LogP contribution in [0.4, 0.5) is 4.39 Å². The maximum absolute atomic E-state index is 14.3. The number of alkyl halides is 1. The molecular formula is C23H31FN2O. The molecule has 0 aromatic heterocycles. The van der Waals surface area contributed by atoms with Gasteiger partial charge in [0.25, 0.3) is 0 Å². The predicted octanol–water partition coefficient (Wildman–Crippen LogP) is 3.73. The van der Waals surface area contributed by atoms with Crippen molar-refractivity contribution < 1.29 is 9.18 Å². The molecule has 6 rings (SSSR count). The molecule has 3 nitrogen and oxygen atoms in total. The summed E-state index contributed by atoms with van der Waals surface area (Å²) in [6.07, 6.45) is 6.25. The van der Waals surface area contributed by atoms with Crippen molar-refractivity contribution >= 4 is 5.91 Å². The normalized spacial score (nSPS) is 45.6. The van der Waals surface area contributed by atoms with Gasteiger partial charge >= 0.3 is 0 Å². The molecule has 4 saturated carbocycles. The highest BCUT2D eigenvalue weighted by Gasteiger charge is 2.64. The van der Waals surface area contributed by atoms with Gasteiger partial charge in [-0.25, -0.2) is 4.39 Å². The molecule has 5 aliphatic rings. The number of halogens is 1. The Kier molecular flexibility index (Phi) is 3.95. The number of carbonyl (C=O) groups excluding carboxylic acids is 1. The van der Waals surface area contributed by atoms with E-state index in [4.69, 9.17) is 0 Å². The fourth-order valence-electron chi connectivity index (χ4n) is 7.59. The molecule has 2 unspecified atom stereocenters. The van der Waals surface area contributed by atoms with E-state index in [1.807, 2.05) is 0 Å². The Balaban J connectivity index is 1.46. The Hall–Kier alpha value is -1.42. The topological polar surface area (TPSA) is 41.1 Å². The molecule has 2 N–H and O–H groups in total. The highest BCUT2D eigenvalue weighted by molar-refractivity contribution is 5.84. The van der Waals surface area contributed by atoms with Crippen LogP contribution < -0.4 is 10.6 Å². The first-order valence-electron chi connectivity index (χ1n) is 10.6. The minimum atomic E-state index is -0.977. The van der Waals surface area contributed by atoms with Crippen LogP contribution in [0.2, 0.25) is 0 Å². The van der Waals surface area contributed by atoms with E-state index in [1.54, 1.807) is 0 Å². The third-order valence-corrected chi connectivity index (χ3v) is 7.94. The average molecular weight is 371 g/mol. The third-order valence-electron chi connectivity index (χ3n) is 7.94. The minimum absolute atomic E-state index is 0.121. The maximum atomic E-state index is 14.3. The molecule has 1 aromatic carbocycles. The van der Waals surface area contributed by atoms with E-state index in [-0.39, 0.29) is 28.2 Å². The Bertz CT molecular complexity index is 739. The van der Waals surface area contributed by atoms with Gasteiger partial charge in [0.05, 0.1) is 11.5 Å². The number of nitrogens with one attached hydrogen (secondary N) is 2. The number of amides is 1. The molecule has 1 amide bonds. The molecule has 1 aromatic rings. The molecule has 27 heavy (non-hydrogen) atoms. The summed E-state index contributed by atoms with van der Waals surface area (Å²) in [7, 11) is 0. The summed E-state index contributed by atoms with van der Waals surface area (Å²) in [6.45, 7) is 3.53. The predicted molar refractivity (Wildman–Crippen MR) is 104 cm³/mol. The highest BCUT2D eigenvalue weighted by atomic mass is 19.1. The Morgan fingerprint density at radius 1 is 1.15 bits per heavy atom. The summed E-state index contributed by atoms with van der Waals surface area (Å²) in [5.74, 6) is 0.749. The minimum Gasteiger partial charge on any atom is -0.350 e. The molecule has 146 valence electrons. The fraction of sp³-hybridized carbons (Fsp3) is 0.696. The maximum Gasteiger partial charge on any atom is 0.226 e.